The average Bonchev–Trinajstić information content (AvgIpc) is 2.03. The Hall–Kier alpha value is -1.62. The molecule has 0 heterocycles. The normalized spacial score (nSPS) is 24.4. The Labute approximate surface area is 78.4 Å². The molecular formula is C11H12N2. The maximum absolute atomic E-state index is 8.43. The smallest absolute Gasteiger partial charge is 0.0773 e. The van der Waals surface area contributed by atoms with E-state index in [2.05, 4.69) is 6.08 Å². The van der Waals surface area contributed by atoms with Gasteiger partial charge in [-0.1, -0.05) is 30.4 Å². The summed E-state index contributed by atoms with van der Waals surface area (Å²) in [5, 5.41) is 16.0. The molecule has 0 saturated heterocycles. The van der Waals surface area contributed by atoms with Crippen molar-refractivity contribution in [2.45, 2.75) is 19.3 Å². The second kappa shape index (κ2) is 5.10. The highest BCUT2D eigenvalue weighted by molar-refractivity contribution is 6.01. The lowest BCUT2D eigenvalue weighted by Gasteiger charge is -2.01. The van der Waals surface area contributed by atoms with E-state index in [1.807, 2.05) is 30.4 Å². The van der Waals surface area contributed by atoms with Gasteiger partial charge in [-0.25, -0.2) is 0 Å². The summed E-state index contributed by atoms with van der Waals surface area (Å²) in [5.41, 5.74) is 1.24. The average molecular weight is 172 g/mol. The summed E-state index contributed by atoms with van der Waals surface area (Å²) in [4.78, 5) is 0. The van der Waals surface area contributed by atoms with Gasteiger partial charge in [-0.15, -0.1) is 0 Å². The molecule has 0 unspecified atom stereocenters. The molecule has 0 aromatic heterocycles. The van der Waals surface area contributed by atoms with Gasteiger partial charge in [0.05, 0.1) is 18.2 Å². The summed E-state index contributed by atoms with van der Waals surface area (Å²) >= 11 is 0. The topological polar surface area (TPSA) is 47.6 Å². The first-order valence-corrected chi connectivity index (χ1v) is 4.32. The second-order valence-corrected chi connectivity index (χ2v) is 2.84. The molecule has 2 heteroatoms. The molecule has 1 N–H and O–H groups in total. The zero-order valence-corrected chi connectivity index (χ0v) is 7.46. The summed E-state index contributed by atoms with van der Waals surface area (Å²) < 4.78 is 0. The van der Waals surface area contributed by atoms with Gasteiger partial charge in [-0.3, -0.25) is 0 Å². The van der Waals surface area contributed by atoms with E-state index in [-0.39, 0.29) is 6.42 Å². The summed E-state index contributed by atoms with van der Waals surface area (Å²) in [6, 6.07) is 1.98. The highest BCUT2D eigenvalue weighted by atomic mass is 14.4. The third-order valence-corrected chi connectivity index (χ3v) is 1.81. The Morgan fingerprint density at radius 2 is 2.23 bits per heavy atom. The van der Waals surface area contributed by atoms with Crippen molar-refractivity contribution >= 4 is 5.71 Å². The Bertz CT molecular complexity index is 313. The monoisotopic (exact) mass is 172 g/mol. The van der Waals surface area contributed by atoms with E-state index < -0.39 is 0 Å². The molecule has 0 aromatic carbocycles. The minimum atomic E-state index is 0.185. The first-order valence-electron chi connectivity index (χ1n) is 4.32. The molecule has 0 bridgehead atoms. The van der Waals surface area contributed by atoms with Gasteiger partial charge in [0, 0.05) is 0 Å². The van der Waals surface area contributed by atoms with Crippen molar-refractivity contribution in [3.63, 3.8) is 0 Å². The Morgan fingerprint density at radius 1 is 1.46 bits per heavy atom. The van der Waals surface area contributed by atoms with Gasteiger partial charge < -0.3 is 5.41 Å². The van der Waals surface area contributed by atoms with Crippen LogP contribution in [0.25, 0.3) is 0 Å². The van der Waals surface area contributed by atoms with E-state index in [9.17, 15) is 0 Å². The van der Waals surface area contributed by atoms with Gasteiger partial charge in [0.15, 0.2) is 0 Å². The maximum atomic E-state index is 8.43. The van der Waals surface area contributed by atoms with E-state index in [0.717, 1.165) is 18.4 Å². The van der Waals surface area contributed by atoms with Crippen molar-refractivity contribution in [2.75, 3.05) is 0 Å². The molecular weight excluding hydrogens is 160 g/mol. The Balaban J connectivity index is 2.76. The molecule has 1 aliphatic carbocycles. The lowest BCUT2D eigenvalue weighted by Crippen LogP contribution is -1.97. The zero-order valence-electron chi connectivity index (χ0n) is 7.46. The molecule has 0 aromatic rings. The molecule has 0 amide bonds. The van der Waals surface area contributed by atoms with Crippen LogP contribution in [0.15, 0.2) is 36.0 Å². The number of nitrogens with zero attached hydrogens (tertiary/aromatic N) is 1. The van der Waals surface area contributed by atoms with Crippen molar-refractivity contribution in [2.24, 2.45) is 0 Å². The lowest BCUT2D eigenvalue weighted by molar-refractivity contribution is 1.05. The van der Waals surface area contributed by atoms with Crippen LogP contribution in [0.4, 0.5) is 0 Å². The quantitative estimate of drug-likeness (QED) is 0.639. The van der Waals surface area contributed by atoms with Gasteiger partial charge in [0.1, 0.15) is 0 Å². The number of hydrogen-bond acceptors (Lipinski definition) is 2. The van der Waals surface area contributed by atoms with Crippen LogP contribution in [0.3, 0.4) is 0 Å². The molecule has 66 valence electrons. The molecule has 1 aliphatic rings. The predicted molar refractivity (Wildman–Crippen MR) is 53.6 cm³/mol. The predicted octanol–water partition coefficient (Wildman–Crippen LogP) is 2.75. The van der Waals surface area contributed by atoms with Gasteiger partial charge in [0.2, 0.25) is 0 Å². The second-order valence-electron chi connectivity index (χ2n) is 2.84. The minimum absolute atomic E-state index is 0.185. The third-order valence-electron chi connectivity index (χ3n) is 1.81. The van der Waals surface area contributed by atoms with Crippen molar-refractivity contribution < 1.29 is 0 Å². The largest absolute Gasteiger partial charge is 0.304 e. The molecule has 0 fully saturated rings. The highest BCUT2D eigenvalue weighted by Gasteiger charge is 2.00. The van der Waals surface area contributed by atoms with Crippen LogP contribution in [-0.2, 0) is 0 Å². The molecule has 0 atom stereocenters. The summed E-state index contributed by atoms with van der Waals surface area (Å²) in [7, 11) is 0. The van der Waals surface area contributed by atoms with Crippen LogP contribution in [0.1, 0.15) is 19.3 Å². The molecule has 0 saturated carbocycles. The molecule has 1 rings (SSSR count). The molecule has 0 radical (unpaired) electrons. The van der Waals surface area contributed by atoms with E-state index >= 15 is 0 Å². The van der Waals surface area contributed by atoms with Crippen molar-refractivity contribution in [1.82, 2.24) is 0 Å². The number of rotatable bonds is 2. The Morgan fingerprint density at radius 3 is 3.00 bits per heavy atom. The van der Waals surface area contributed by atoms with Crippen LogP contribution >= 0.6 is 0 Å². The maximum Gasteiger partial charge on any atom is 0.0773 e. The lowest BCUT2D eigenvalue weighted by atomic mass is 10.0. The van der Waals surface area contributed by atoms with Crippen LogP contribution in [0.5, 0.6) is 0 Å². The van der Waals surface area contributed by atoms with Gasteiger partial charge >= 0.3 is 0 Å². The van der Waals surface area contributed by atoms with Gasteiger partial charge in [0.25, 0.3) is 0 Å². The standard InChI is InChI=1S/C11H12N2/c12-9-8-11(13)10-6-4-2-1-3-5-7-10/h2,4-7,13H,1,3,8H2/b4-2-,7-5-,10-6+,13-11?. The van der Waals surface area contributed by atoms with Crippen LogP contribution in [0, 0.1) is 16.7 Å². The number of allylic oxidation sites excluding steroid dienone is 6. The fourth-order valence-corrected chi connectivity index (χ4v) is 1.11. The van der Waals surface area contributed by atoms with E-state index in [1.165, 1.54) is 0 Å². The van der Waals surface area contributed by atoms with Crippen molar-refractivity contribution in [3.8, 4) is 6.07 Å². The summed E-state index contributed by atoms with van der Waals surface area (Å²) in [6.07, 6.45) is 12.1. The number of nitriles is 1. The number of nitrogens with one attached hydrogen (secondary N) is 1. The molecule has 0 spiro atoms. The molecule has 13 heavy (non-hydrogen) atoms. The van der Waals surface area contributed by atoms with E-state index in [0.29, 0.717) is 5.71 Å². The summed E-state index contributed by atoms with van der Waals surface area (Å²) in [5.74, 6) is 0. The first-order chi connectivity index (χ1) is 6.34. The van der Waals surface area contributed by atoms with Gasteiger partial charge in [-0.2, -0.15) is 5.26 Å². The Kier molecular flexibility index (Phi) is 3.72. The fourth-order valence-electron chi connectivity index (χ4n) is 1.11. The van der Waals surface area contributed by atoms with Crippen LogP contribution < -0.4 is 0 Å². The minimum Gasteiger partial charge on any atom is -0.304 e. The van der Waals surface area contributed by atoms with Crippen molar-refractivity contribution in [1.29, 1.82) is 10.7 Å². The first kappa shape index (κ1) is 9.47. The van der Waals surface area contributed by atoms with Gasteiger partial charge in [-0.05, 0) is 18.4 Å². The molecule has 0 aliphatic heterocycles. The third kappa shape index (κ3) is 3.08. The van der Waals surface area contributed by atoms with Crippen LogP contribution in [-0.4, -0.2) is 5.71 Å². The summed E-state index contributed by atoms with van der Waals surface area (Å²) in [6.45, 7) is 0. The van der Waals surface area contributed by atoms with Crippen LogP contribution in [0.2, 0.25) is 0 Å². The zero-order chi connectivity index (χ0) is 9.52. The SMILES string of the molecule is N#CCC(=N)C1=C/C=C\CC/C=C\1. The highest BCUT2D eigenvalue weighted by Crippen LogP contribution is 2.08. The molecule has 2 nitrogen and oxygen atoms in total. The van der Waals surface area contributed by atoms with E-state index in [4.69, 9.17) is 10.7 Å². The van der Waals surface area contributed by atoms with Crippen molar-refractivity contribution in [3.05, 3.63) is 36.0 Å². The fraction of sp³-hybridized carbons (Fsp3) is 0.273. The van der Waals surface area contributed by atoms with E-state index in [1.54, 1.807) is 0 Å². The number of hydrogen-bond donors (Lipinski definition) is 1.